The fourth-order valence-electron chi connectivity index (χ4n) is 2.09. The van der Waals surface area contributed by atoms with Crippen LogP contribution in [-0.2, 0) is 4.74 Å². The highest BCUT2D eigenvalue weighted by Gasteiger charge is 2.10. The lowest BCUT2D eigenvalue weighted by atomic mass is 10.1. The van der Waals surface area contributed by atoms with E-state index in [1.54, 1.807) is 0 Å². The quantitative estimate of drug-likeness (QED) is 0.397. The van der Waals surface area contributed by atoms with Gasteiger partial charge in [0.1, 0.15) is 0 Å². The van der Waals surface area contributed by atoms with E-state index in [0.717, 1.165) is 32.2 Å². The van der Waals surface area contributed by atoms with Crippen molar-refractivity contribution in [2.24, 2.45) is 0 Å². The third-order valence-electron chi connectivity index (χ3n) is 3.00. The zero-order valence-corrected chi connectivity index (χ0v) is 9.84. The molecule has 1 aliphatic rings. The Bertz CT molecular complexity index is 151. The summed E-state index contributed by atoms with van der Waals surface area (Å²) in [6.07, 6.45) is 11.2. The average Bonchev–Trinajstić information content (AvgIpc) is 2.52. The lowest BCUT2D eigenvalue weighted by Gasteiger charge is -2.15. The summed E-state index contributed by atoms with van der Waals surface area (Å²) in [6, 6.07) is 0.746. The number of ether oxygens (including phenoxy) is 1. The molecular formula is C13H25NO. The molecule has 0 radical (unpaired) electrons. The first-order valence-corrected chi connectivity index (χ1v) is 6.35. The van der Waals surface area contributed by atoms with E-state index in [2.05, 4.69) is 11.9 Å². The number of rotatable bonds is 7. The molecule has 2 nitrogen and oxygen atoms in total. The molecule has 1 fully saturated rings. The van der Waals surface area contributed by atoms with Crippen molar-refractivity contribution in [2.75, 3.05) is 19.8 Å². The smallest absolute Gasteiger partial charge is 0.0591 e. The molecule has 0 bridgehead atoms. The fourth-order valence-corrected chi connectivity index (χ4v) is 2.09. The molecule has 0 aromatic rings. The van der Waals surface area contributed by atoms with Gasteiger partial charge in [0.25, 0.3) is 0 Å². The molecule has 1 N–H and O–H groups in total. The molecule has 1 rings (SSSR count). The average molecular weight is 211 g/mol. The summed E-state index contributed by atoms with van der Waals surface area (Å²) in [7, 11) is 0. The van der Waals surface area contributed by atoms with Crippen LogP contribution >= 0.6 is 0 Å². The summed E-state index contributed by atoms with van der Waals surface area (Å²) in [6.45, 7) is 6.32. The minimum Gasteiger partial charge on any atom is -0.380 e. The highest BCUT2D eigenvalue weighted by Crippen LogP contribution is 2.16. The van der Waals surface area contributed by atoms with Crippen LogP contribution in [0.4, 0.5) is 0 Å². The van der Waals surface area contributed by atoms with Crippen LogP contribution in [0.2, 0.25) is 0 Å². The van der Waals surface area contributed by atoms with Crippen molar-refractivity contribution in [2.45, 2.75) is 51.0 Å². The molecule has 1 aliphatic carbocycles. The van der Waals surface area contributed by atoms with E-state index in [1.807, 2.05) is 6.08 Å². The topological polar surface area (TPSA) is 21.3 Å². The Morgan fingerprint density at radius 1 is 1.13 bits per heavy atom. The Morgan fingerprint density at radius 3 is 2.53 bits per heavy atom. The molecule has 88 valence electrons. The molecule has 0 aliphatic heterocycles. The van der Waals surface area contributed by atoms with Gasteiger partial charge in [0.05, 0.1) is 13.2 Å². The molecule has 1 saturated carbocycles. The highest BCUT2D eigenvalue weighted by molar-refractivity contribution is 4.70. The molecule has 2 heteroatoms. The number of hydrogen-bond acceptors (Lipinski definition) is 2. The van der Waals surface area contributed by atoms with Gasteiger partial charge in [0.15, 0.2) is 0 Å². The van der Waals surface area contributed by atoms with Crippen molar-refractivity contribution in [3.63, 3.8) is 0 Å². The predicted molar refractivity (Wildman–Crippen MR) is 65.1 cm³/mol. The van der Waals surface area contributed by atoms with Crippen LogP contribution < -0.4 is 5.32 Å². The summed E-state index contributed by atoms with van der Waals surface area (Å²) >= 11 is 0. The van der Waals surface area contributed by atoms with Crippen LogP contribution in [0.5, 0.6) is 0 Å². The van der Waals surface area contributed by atoms with Crippen molar-refractivity contribution in [3.8, 4) is 0 Å². The van der Waals surface area contributed by atoms with Crippen molar-refractivity contribution in [3.05, 3.63) is 12.7 Å². The number of hydrogen-bond donors (Lipinski definition) is 1. The van der Waals surface area contributed by atoms with E-state index in [0.29, 0.717) is 0 Å². The van der Waals surface area contributed by atoms with Crippen LogP contribution in [0.25, 0.3) is 0 Å². The molecule has 0 aromatic carbocycles. The first-order chi connectivity index (χ1) is 7.43. The van der Waals surface area contributed by atoms with Gasteiger partial charge >= 0.3 is 0 Å². The Kier molecular flexibility index (Phi) is 7.58. The fraction of sp³-hybridized carbons (Fsp3) is 0.846. The van der Waals surface area contributed by atoms with Crippen molar-refractivity contribution in [1.82, 2.24) is 5.32 Å². The third-order valence-corrected chi connectivity index (χ3v) is 3.00. The van der Waals surface area contributed by atoms with Crippen LogP contribution in [0.15, 0.2) is 12.7 Å². The van der Waals surface area contributed by atoms with Crippen LogP contribution in [0.3, 0.4) is 0 Å². The van der Waals surface area contributed by atoms with Gasteiger partial charge in [-0.1, -0.05) is 31.8 Å². The third kappa shape index (κ3) is 6.69. The molecular weight excluding hydrogens is 186 g/mol. The minimum absolute atomic E-state index is 0.746. The summed E-state index contributed by atoms with van der Waals surface area (Å²) in [5, 5.41) is 3.59. The Labute approximate surface area is 94.1 Å². The number of nitrogens with one attached hydrogen (secondary N) is 1. The second kappa shape index (κ2) is 8.93. The Hall–Kier alpha value is -0.340. The summed E-state index contributed by atoms with van der Waals surface area (Å²) < 4.78 is 5.46. The van der Waals surface area contributed by atoms with Crippen molar-refractivity contribution in [1.29, 1.82) is 0 Å². The monoisotopic (exact) mass is 211 g/mol. The van der Waals surface area contributed by atoms with E-state index < -0.39 is 0 Å². The molecule has 0 spiro atoms. The summed E-state index contributed by atoms with van der Waals surface area (Å²) in [5.74, 6) is 0. The van der Waals surface area contributed by atoms with Crippen LogP contribution in [-0.4, -0.2) is 25.8 Å². The molecule has 15 heavy (non-hydrogen) atoms. The zero-order valence-electron chi connectivity index (χ0n) is 9.84. The van der Waals surface area contributed by atoms with Gasteiger partial charge in [-0.15, -0.1) is 6.58 Å². The van der Waals surface area contributed by atoms with Gasteiger partial charge in [-0.3, -0.25) is 0 Å². The molecule has 0 saturated heterocycles. The van der Waals surface area contributed by atoms with Gasteiger partial charge in [-0.25, -0.2) is 0 Å². The van der Waals surface area contributed by atoms with E-state index in [-0.39, 0.29) is 0 Å². The Morgan fingerprint density at radius 2 is 1.87 bits per heavy atom. The van der Waals surface area contributed by atoms with Gasteiger partial charge in [0, 0.05) is 12.6 Å². The Balaban J connectivity index is 1.91. The molecule has 0 unspecified atom stereocenters. The largest absolute Gasteiger partial charge is 0.380 e. The second-order valence-corrected chi connectivity index (χ2v) is 4.33. The lowest BCUT2D eigenvalue weighted by molar-refractivity contribution is 0.137. The molecule has 0 atom stereocenters. The molecule has 0 amide bonds. The maximum Gasteiger partial charge on any atom is 0.0591 e. The second-order valence-electron chi connectivity index (χ2n) is 4.33. The first-order valence-electron chi connectivity index (χ1n) is 6.35. The van der Waals surface area contributed by atoms with Gasteiger partial charge < -0.3 is 10.1 Å². The molecule has 0 aromatic heterocycles. The normalized spacial score (nSPS) is 18.7. The minimum atomic E-state index is 0.746. The maximum atomic E-state index is 5.46. The maximum absolute atomic E-state index is 5.46. The standard InChI is InChI=1S/C13H25NO/c1-2-3-11-15-12-10-14-13-8-6-4-5-7-9-13/h2,13-14H,1,3-12H2. The lowest BCUT2D eigenvalue weighted by Crippen LogP contribution is -2.31. The summed E-state index contributed by atoms with van der Waals surface area (Å²) in [5.41, 5.74) is 0. The summed E-state index contributed by atoms with van der Waals surface area (Å²) in [4.78, 5) is 0. The van der Waals surface area contributed by atoms with E-state index in [4.69, 9.17) is 4.74 Å². The van der Waals surface area contributed by atoms with E-state index >= 15 is 0 Å². The predicted octanol–water partition coefficient (Wildman–Crippen LogP) is 2.89. The zero-order chi connectivity index (χ0) is 10.8. The van der Waals surface area contributed by atoms with Crippen molar-refractivity contribution >= 4 is 0 Å². The van der Waals surface area contributed by atoms with Crippen LogP contribution in [0, 0.1) is 0 Å². The first kappa shape index (κ1) is 12.7. The highest BCUT2D eigenvalue weighted by atomic mass is 16.5. The molecule has 0 heterocycles. The van der Waals surface area contributed by atoms with E-state index in [1.165, 1.54) is 38.5 Å². The van der Waals surface area contributed by atoms with E-state index in [9.17, 15) is 0 Å². The van der Waals surface area contributed by atoms with Gasteiger partial charge in [0.2, 0.25) is 0 Å². The van der Waals surface area contributed by atoms with Gasteiger partial charge in [-0.2, -0.15) is 0 Å². The van der Waals surface area contributed by atoms with Gasteiger partial charge in [-0.05, 0) is 19.3 Å². The van der Waals surface area contributed by atoms with Crippen LogP contribution in [0.1, 0.15) is 44.9 Å². The SMILES string of the molecule is C=CCCOCCNC1CCCCCC1. The van der Waals surface area contributed by atoms with Crippen molar-refractivity contribution < 1.29 is 4.74 Å².